The summed E-state index contributed by atoms with van der Waals surface area (Å²) in [7, 11) is 0. The van der Waals surface area contributed by atoms with E-state index < -0.39 is 11.9 Å². The lowest BCUT2D eigenvalue weighted by Crippen LogP contribution is -2.08. The monoisotopic (exact) mass is 250 g/mol. The molecule has 1 atom stereocenters. The Kier molecular flexibility index (Phi) is 3.94. The third-order valence-corrected chi connectivity index (χ3v) is 2.57. The van der Waals surface area contributed by atoms with E-state index in [4.69, 9.17) is 4.74 Å². The van der Waals surface area contributed by atoms with Crippen LogP contribution >= 0.6 is 0 Å². The summed E-state index contributed by atoms with van der Waals surface area (Å²) in [5.74, 6) is -0.00866. The molecule has 0 unspecified atom stereocenters. The van der Waals surface area contributed by atoms with Gasteiger partial charge in [0.1, 0.15) is 18.2 Å². The maximum atomic E-state index is 13.5. The number of rotatable bonds is 5. The van der Waals surface area contributed by atoms with Crippen molar-refractivity contribution >= 4 is 0 Å². The molecule has 0 radical (unpaired) electrons. The summed E-state index contributed by atoms with van der Waals surface area (Å²) in [6.07, 6.45) is 2.71. The van der Waals surface area contributed by atoms with Gasteiger partial charge in [0, 0.05) is 24.0 Å². The SMILES string of the molecule is C[C@H](O)c1ccc(OCCn2cccn2)cc1F. The zero-order valence-corrected chi connectivity index (χ0v) is 10.1. The predicted octanol–water partition coefficient (Wildman–Crippen LogP) is 2.15. The molecule has 1 aromatic heterocycles. The normalized spacial score (nSPS) is 12.4. The lowest BCUT2D eigenvalue weighted by Gasteiger charge is -2.10. The fraction of sp³-hybridized carbons (Fsp3) is 0.308. The summed E-state index contributed by atoms with van der Waals surface area (Å²) in [5.41, 5.74) is 0.273. The van der Waals surface area contributed by atoms with E-state index in [2.05, 4.69) is 5.10 Å². The number of hydrogen-bond donors (Lipinski definition) is 1. The number of aliphatic hydroxyl groups excluding tert-OH is 1. The lowest BCUT2D eigenvalue weighted by atomic mass is 10.1. The second kappa shape index (κ2) is 5.64. The molecular formula is C13H15FN2O2. The van der Waals surface area contributed by atoms with Crippen molar-refractivity contribution in [3.63, 3.8) is 0 Å². The molecule has 96 valence electrons. The van der Waals surface area contributed by atoms with Gasteiger partial charge in [0.05, 0.1) is 12.6 Å². The van der Waals surface area contributed by atoms with Crippen LogP contribution in [0.25, 0.3) is 0 Å². The number of benzene rings is 1. The second-order valence-corrected chi connectivity index (χ2v) is 3.98. The van der Waals surface area contributed by atoms with E-state index in [1.165, 1.54) is 19.1 Å². The van der Waals surface area contributed by atoms with Crippen LogP contribution in [0.5, 0.6) is 5.75 Å². The van der Waals surface area contributed by atoms with Crippen LogP contribution in [0.2, 0.25) is 0 Å². The third-order valence-electron chi connectivity index (χ3n) is 2.57. The number of ether oxygens (including phenoxy) is 1. The van der Waals surface area contributed by atoms with Crippen molar-refractivity contribution in [3.05, 3.63) is 48.0 Å². The van der Waals surface area contributed by atoms with E-state index in [0.717, 1.165) is 0 Å². The first kappa shape index (κ1) is 12.6. The van der Waals surface area contributed by atoms with Crippen LogP contribution in [0.15, 0.2) is 36.7 Å². The van der Waals surface area contributed by atoms with Gasteiger partial charge in [0.25, 0.3) is 0 Å². The molecule has 0 aliphatic heterocycles. The van der Waals surface area contributed by atoms with Crippen molar-refractivity contribution in [1.82, 2.24) is 9.78 Å². The standard InChI is InChI=1S/C13H15FN2O2/c1-10(17)12-4-3-11(9-13(12)14)18-8-7-16-6-2-5-15-16/h2-6,9-10,17H,7-8H2,1H3/t10-/m0/s1. The molecule has 4 nitrogen and oxygen atoms in total. The quantitative estimate of drug-likeness (QED) is 0.884. The molecule has 1 N–H and O–H groups in total. The van der Waals surface area contributed by atoms with Crippen LogP contribution in [-0.2, 0) is 6.54 Å². The van der Waals surface area contributed by atoms with E-state index in [1.807, 2.05) is 12.3 Å². The van der Waals surface area contributed by atoms with E-state index in [1.54, 1.807) is 16.9 Å². The molecule has 0 aliphatic carbocycles. The van der Waals surface area contributed by atoms with Crippen molar-refractivity contribution in [2.45, 2.75) is 19.6 Å². The van der Waals surface area contributed by atoms with Crippen molar-refractivity contribution in [3.8, 4) is 5.75 Å². The summed E-state index contributed by atoms with van der Waals surface area (Å²) in [6, 6.07) is 6.29. The summed E-state index contributed by atoms with van der Waals surface area (Å²) in [6.45, 7) is 2.54. The Hall–Kier alpha value is -1.88. The van der Waals surface area contributed by atoms with Gasteiger partial charge in [-0.2, -0.15) is 5.10 Å². The molecule has 0 spiro atoms. The summed E-state index contributed by atoms with van der Waals surface area (Å²) in [4.78, 5) is 0. The first-order valence-corrected chi connectivity index (χ1v) is 5.74. The maximum absolute atomic E-state index is 13.5. The van der Waals surface area contributed by atoms with Crippen LogP contribution in [0.1, 0.15) is 18.6 Å². The molecule has 0 saturated carbocycles. The second-order valence-electron chi connectivity index (χ2n) is 3.98. The summed E-state index contributed by atoms with van der Waals surface area (Å²) in [5, 5.41) is 13.3. The van der Waals surface area contributed by atoms with E-state index >= 15 is 0 Å². The number of halogens is 1. The minimum Gasteiger partial charge on any atom is -0.492 e. The minimum atomic E-state index is -0.817. The molecule has 5 heteroatoms. The average Bonchev–Trinajstić information content (AvgIpc) is 2.81. The Balaban J connectivity index is 1.92. The van der Waals surface area contributed by atoms with Crippen LogP contribution in [0, 0.1) is 5.82 Å². The molecule has 0 bridgehead atoms. The molecule has 1 heterocycles. The fourth-order valence-electron chi connectivity index (χ4n) is 1.63. The van der Waals surface area contributed by atoms with Crippen LogP contribution < -0.4 is 4.74 Å². The number of aromatic nitrogens is 2. The van der Waals surface area contributed by atoms with E-state index in [-0.39, 0.29) is 5.56 Å². The molecule has 2 aromatic rings. The minimum absolute atomic E-state index is 0.273. The zero-order valence-electron chi connectivity index (χ0n) is 10.1. The average molecular weight is 250 g/mol. The first-order chi connectivity index (χ1) is 8.66. The molecule has 2 rings (SSSR count). The summed E-state index contributed by atoms with van der Waals surface area (Å²) >= 11 is 0. The molecular weight excluding hydrogens is 235 g/mol. The van der Waals surface area contributed by atoms with E-state index in [9.17, 15) is 9.50 Å². The van der Waals surface area contributed by atoms with Crippen molar-refractivity contribution in [2.75, 3.05) is 6.61 Å². The van der Waals surface area contributed by atoms with Gasteiger partial charge in [-0.25, -0.2) is 4.39 Å². The van der Waals surface area contributed by atoms with Crippen molar-refractivity contribution in [1.29, 1.82) is 0 Å². The zero-order chi connectivity index (χ0) is 13.0. The Morgan fingerprint density at radius 1 is 1.50 bits per heavy atom. The van der Waals surface area contributed by atoms with E-state index in [0.29, 0.717) is 18.9 Å². The van der Waals surface area contributed by atoms with Crippen molar-refractivity contribution < 1.29 is 14.2 Å². The largest absolute Gasteiger partial charge is 0.492 e. The molecule has 0 saturated heterocycles. The predicted molar refractivity (Wildman–Crippen MR) is 64.8 cm³/mol. The highest BCUT2D eigenvalue weighted by Gasteiger charge is 2.08. The molecule has 0 aliphatic rings. The van der Waals surface area contributed by atoms with Gasteiger partial charge in [-0.15, -0.1) is 0 Å². The van der Waals surface area contributed by atoms with Crippen LogP contribution in [0.4, 0.5) is 4.39 Å². The number of nitrogens with zero attached hydrogens (tertiary/aromatic N) is 2. The maximum Gasteiger partial charge on any atom is 0.132 e. The highest BCUT2D eigenvalue weighted by Crippen LogP contribution is 2.21. The number of hydrogen-bond acceptors (Lipinski definition) is 3. The van der Waals surface area contributed by atoms with Crippen molar-refractivity contribution in [2.24, 2.45) is 0 Å². The van der Waals surface area contributed by atoms with Gasteiger partial charge in [-0.3, -0.25) is 4.68 Å². The van der Waals surface area contributed by atoms with Gasteiger partial charge >= 0.3 is 0 Å². The molecule has 0 amide bonds. The Labute approximate surface area is 105 Å². The van der Waals surface area contributed by atoms with Crippen LogP contribution in [-0.4, -0.2) is 21.5 Å². The third kappa shape index (κ3) is 3.07. The Morgan fingerprint density at radius 2 is 2.33 bits per heavy atom. The molecule has 1 aromatic carbocycles. The highest BCUT2D eigenvalue weighted by atomic mass is 19.1. The fourth-order valence-corrected chi connectivity index (χ4v) is 1.63. The van der Waals surface area contributed by atoms with Crippen LogP contribution in [0.3, 0.4) is 0 Å². The topological polar surface area (TPSA) is 47.3 Å². The lowest BCUT2D eigenvalue weighted by molar-refractivity contribution is 0.194. The Morgan fingerprint density at radius 3 is 2.94 bits per heavy atom. The number of aliphatic hydroxyl groups is 1. The summed E-state index contributed by atoms with van der Waals surface area (Å²) < 4.78 is 20.7. The van der Waals surface area contributed by atoms with Gasteiger partial charge in [0.15, 0.2) is 0 Å². The first-order valence-electron chi connectivity index (χ1n) is 5.74. The van der Waals surface area contributed by atoms with Gasteiger partial charge in [-0.05, 0) is 25.1 Å². The molecule has 0 fully saturated rings. The highest BCUT2D eigenvalue weighted by molar-refractivity contribution is 5.29. The van der Waals surface area contributed by atoms with Gasteiger partial charge in [-0.1, -0.05) is 0 Å². The van der Waals surface area contributed by atoms with Gasteiger partial charge < -0.3 is 9.84 Å². The van der Waals surface area contributed by atoms with Gasteiger partial charge in [0.2, 0.25) is 0 Å². The Bertz CT molecular complexity index is 498. The molecule has 18 heavy (non-hydrogen) atoms. The smallest absolute Gasteiger partial charge is 0.132 e.